The Morgan fingerprint density at radius 1 is 1.00 bits per heavy atom. The number of nitrogens with zero attached hydrogens (tertiary/aromatic N) is 2. The Morgan fingerprint density at radius 3 is 2.38 bits per heavy atom. The number of carbonyl (C=O) groups excluding carboxylic acids is 2. The highest BCUT2D eigenvalue weighted by molar-refractivity contribution is 7.15. The van der Waals surface area contributed by atoms with Crippen molar-refractivity contribution in [2.75, 3.05) is 45.2 Å². The van der Waals surface area contributed by atoms with Crippen molar-refractivity contribution in [1.82, 2.24) is 9.80 Å². The summed E-state index contributed by atoms with van der Waals surface area (Å²) in [6, 6.07) is 15.3. The lowest BCUT2D eigenvalue weighted by Crippen LogP contribution is -2.48. The molecule has 0 bridgehead atoms. The normalized spacial score (nSPS) is 14.7. The molecule has 3 aromatic rings. The number of carbonyl (C=O) groups is 2. The SMILES string of the molecule is COC(=O)c1c(-c2ccccc2)csc1NC(=O)CN1CCN(Cc2ccc(Cl)c(Cl)c2)CC1. The number of rotatable bonds is 7. The second kappa shape index (κ2) is 11.3. The van der Waals surface area contributed by atoms with Gasteiger partial charge in [-0.3, -0.25) is 14.6 Å². The van der Waals surface area contributed by atoms with E-state index in [-0.39, 0.29) is 12.5 Å². The molecule has 6 nitrogen and oxygen atoms in total. The predicted molar refractivity (Wildman–Crippen MR) is 138 cm³/mol. The van der Waals surface area contributed by atoms with E-state index in [1.165, 1.54) is 18.4 Å². The van der Waals surface area contributed by atoms with Gasteiger partial charge in [-0.2, -0.15) is 0 Å². The molecule has 2 heterocycles. The lowest BCUT2D eigenvalue weighted by molar-refractivity contribution is -0.117. The van der Waals surface area contributed by atoms with Gasteiger partial charge in [0.25, 0.3) is 0 Å². The zero-order valence-electron chi connectivity index (χ0n) is 18.7. The van der Waals surface area contributed by atoms with Crippen LogP contribution in [0.25, 0.3) is 11.1 Å². The van der Waals surface area contributed by atoms with Gasteiger partial charge in [-0.1, -0.05) is 59.6 Å². The molecule has 1 aliphatic heterocycles. The van der Waals surface area contributed by atoms with Crippen LogP contribution >= 0.6 is 34.5 Å². The Balaban J connectivity index is 1.34. The first-order valence-electron chi connectivity index (χ1n) is 10.9. The monoisotopic (exact) mass is 517 g/mol. The van der Waals surface area contributed by atoms with Crippen molar-refractivity contribution >= 4 is 51.4 Å². The van der Waals surface area contributed by atoms with Gasteiger partial charge in [0.2, 0.25) is 5.91 Å². The van der Waals surface area contributed by atoms with Crippen molar-refractivity contribution in [2.45, 2.75) is 6.54 Å². The smallest absolute Gasteiger partial charge is 0.341 e. The van der Waals surface area contributed by atoms with E-state index in [2.05, 4.69) is 15.1 Å². The largest absolute Gasteiger partial charge is 0.465 e. The number of ether oxygens (including phenoxy) is 1. The molecular weight excluding hydrogens is 493 g/mol. The molecule has 1 amide bonds. The van der Waals surface area contributed by atoms with Crippen LogP contribution in [0.2, 0.25) is 10.0 Å². The number of methoxy groups -OCH3 is 1. The number of nitrogens with one attached hydrogen (secondary N) is 1. The van der Waals surface area contributed by atoms with E-state index in [0.717, 1.165) is 49.4 Å². The molecule has 0 atom stereocenters. The highest BCUT2D eigenvalue weighted by Gasteiger charge is 2.24. The summed E-state index contributed by atoms with van der Waals surface area (Å²) in [5.74, 6) is -0.615. The highest BCUT2D eigenvalue weighted by Crippen LogP contribution is 2.36. The van der Waals surface area contributed by atoms with Gasteiger partial charge < -0.3 is 10.1 Å². The minimum Gasteiger partial charge on any atom is -0.465 e. The molecule has 1 N–H and O–H groups in total. The van der Waals surface area contributed by atoms with Crippen LogP contribution in [0.3, 0.4) is 0 Å². The third-order valence-corrected chi connectivity index (χ3v) is 7.38. The molecule has 0 saturated carbocycles. The Morgan fingerprint density at radius 2 is 1.71 bits per heavy atom. The van der Waals surface area contributed by atoms with Crippen LogP contribution in [0.15, 0.2) is 53.9 Å². The number of amides is 1. The molecule has 2 aromatic carbocycles. The van der Waals surface area contributed by atoms with Gasteiger partial charge in [-0.15, -0.1) is 11.3 Å². The maximum Gasteiger partial charge on any atom is 0.341 e. The fourth-order valence-corrected chi connectivity index (χ4v) is 5.25. The van der Waals surface area contributed by atoms with E-state index in [9.17, 15) is 9.59 Å². The van der Waals surface area contributed by atoms with Crippen molar-refractivity contribution in [2.24, 2.45) is 0 Å². The molecule has 4 rings (SSSR count). The minimum atomic E-state index is -0.466. The van der Waals surface area contributed by atoms with E-state index in [4.69, 9.17) is 27.9 Å². The first-order chi connectivity index (χ1) is 16.4. The van der Waals surface area contributed by atoms with Crippen LogP contribution in [0, 0.1) is 0 Å². The lowest BCUT2D eigenvalue weighted by Gasteiger charge is -2.34. The summed E-state index contributed by atoms with van der Waals surface area (Å²) >= 11 is 13.5. The highest BCUT2D eigenvalue weighted by atomic mass is 35.5. The molecule has 1 aliphatic rings. The molecule has 0 aliphatic carbocycles. The summed E-state index contributed by atoms with van der Waals surface area (Å²) in [4.78, 5) is 29.7. The van der Waals surface area contributed by atoms with Crippen molar-refractivity contribution in [3.8, 4) is 11.1 Å². The molecule has 1 saturated heterocycles. The first-order valence-corrected chi connectivity index (χ1v) is 12.5. The topological polar surface area (TPSA) is 61.9 Å². The molecule has 34 heavy (non-hydrogen) atoms. The number of thiophene rings is 1. The molecule has 9 heteroatoms. The lowest BCUT2D eigenvalue weighted by atomic mass is 10.0. The van der Waals surface area contributed by atoms with Crippen molar-refractivity contribution in [3.63, 3.8) is 0 Å². The standard InChI is InChI=1S/C25H25Cl2N3O3S/c1-33-25(32)23-19(18-5-3-2-4-6-18)16-34-24(23)28-22(31)15-30-11-9-29(10-12-30)14-17-7-8-20(26)21(27)13-17/h2-8,13,16H,9-12,14-15H2,1H3,(H,28,31). The van der Waals surface area contributed by atoms with Crippen LogP contribution in [0.5, 0.6) is 0 Å². The third kappa shape index (κ3) is 5.98. The number of hydrogen-bond donors (Lipinski definition) is 1. The number of benzene rings is 2. The number of halogens is 2. The third-order valence-electron chi connectivity index (χ3n) is 5.74. The Labute approximate surface area is 213 Å². The van der Waals surface area contributed by atoms with Crippen LogP contribution in [-0.4, -0.2) is 61.5 Å². The maximum absolute atomic E-state index is 12.8. The van der Waals surface area contributed by atoms with E-state index in [0.29, 0.717) is 20.6 Å². The fourth-order valence-electron chi connectivity index (χ4n) is 3.96. The minimum absolute atomic E-state index is 0.149. The van der Waals surface area contributed by atoms with E-state index in [1.54, 1.807) is 0 Å². The Hall–Kier alpha value is -2.42. The number of piperazine rings is 1. The second-order valence-electron chi connectivity index (χ2n) is 8.06. The number of hydrogen-bond acceptors (Lipinski definition) is 6. The maximum atomic E-state index is 12.8. The van der Waals surface area contributed by atoms with Gasteiger partial charge in [0, 0.05) is 43.7 Å². The zero-order valence-corrected chi connectivity index (χ0v) is 21.1. The summed E-state index contributed by atoms with van der Waals surface area (Å²) in [5.41, 5.74) is 3.16. The van der Waals surface area contributed by atoms with E-state index >= 15 is 0 Å². The van der Waals surface area contributed by atoms with E-state index in [1.807, 2.05) is 53.9 Å². The summed E-state index contributed by atoms with van der Waals surface area (Å²) < 4.78 is 4.99. The Kier molecular flexibility index (Phi) is 8.24. The predicted octanol–water partition coefficient (Wildman–Crippen LogP) is 5.26. The Bertz CT molecular complexity index is 1160. The summed E-state index contributed by atoms with van der Waals surface area (Å²) in [7, 11) is 1.35. The number of esters is 1. The van der Waals surface area contributed by atoms with Crippen molar-refractivity contribution in [1.29, 1.82) is 0 Å². The van der Waals surface area contributed by atoms with Crippen LogP contribution in [0.4, 0.5) is 5.00 Å². The summed E-state index contributed by atoms with van der Waals surface area (Å²) in [5, 5.41) is 6.42. The first kappa shape index (κ1) is 24.7. The summed E-state index contributed by atoms with van der Waals surface area (Å²) in [6.07, 6.45) is 0. The average molecular weight is 518 g/mol. The van der Waals surface area contributed by atoms with Crippen LogP contribution < -0.4 is 5.32 Å². The molecule has 0 unspecified atom stereocenters. The molecule has 0 radical (unpaired) electrons. The fraction of sp³-hybridized carbons (Fsp3) is 0.280. The zero-order chi connectivity index (χ0) is 24.1. The molecular formula is C25H25Cl2N3O3S. The van der Waals surface area contributed by atoms with Gasteiger partial charge >= 0.3 is 5.97 Å². The van der Waals surface area contributed by atoms with Crippen molar-refractivity contribution in [3.05, 3.63) is 75.1 Å². The second-order valence-corrected chi connectivity index (χ2v) is 9.75. The molecule has 0 spiro atoms. The molecule has 178 valence electrons. The van der Waals surface area contributed by atoms with Gasteiger partial charge in [0.1, 0.15) is 10.6 Å². The van der Waals surface area contributed by atoms with Gasteiger partial charge in [-0.05, 0) is 23.3 Å². The molecule has 1 aromatic heterocycles. The van der Waals surface area contributed by atoms with Crippen LogP contribution in [-0.2, 0) is 16.1 Å². The quantitative estimate of drug-likeness (QED) is 0.432. The van der Waals surface area contributed by atoms with Gasteiger partial charge in [-0.25, -0.2) is 4.79 Å². The van der Waals surface area contributed by atoms with Crippen molar-refractivity contribution < 1.29 is 14.3 Å². The number of anilines is 1. The summed E-state index contributed by atoms with van der Waals surface area (Å²) in [6.45, 7) is 4.30. The molecule has 1 fully saturated rings. The van der Waals surface area contributed by atoms with E-state index < -0.39 is 5.97 Å². The average Bonchev–Trinajstić information content (AvgIpc) is 3.26. The van der Waals surface area contributed by atoms with Gasteiger partial charge in [0.05, 0.1) is 23.7 Å². The van der Waals surface area contributed by atoms with Crippen LogP contribution in [0.1, 0.15) is 15.9 Å². The van der Waals surface area contributed by atoms with Gasteiger partial charge in [0.15, 0.2) is 0 Å².